The molecule has 3 N–H and O–H groups in total. The SMILES string of the molecule is COCCNC(N)=NCc1cccc2c1OCO2. The van der Waals surface area contributed by atoms with Crippen LogP contribution in [-0.4, -0.2) is 33.0 Å². The van der Waals surface area contributed by atoms with Crippen LogP contribution in [0.3, 0.4) is 0 Å². The second-order valence-electron chi connectivity index (χ2n) is 3.77. The van der Waals surface area contributed by atoms with E-state index in [4.69, 9.17) is 19.9 Å². The summed E-state index contributed by atoms with van der Waals surface area (Å²) in [5, 5.41) is 2.95. The molecule has 0 saturated carbocycles. The number of nitrogens with one attached hydrogen (secondary N) is 1. The number of hydrogen-bond donors (Lipinski definition) is 2. The predicted molar refractivity (Wildman–Crippen MR) is 67.8 cm³/mol. The first-order valence-corrected chi connectivity index (χ1v) is 5.71. The van der Waals surface area contributed by atoms with Crippen molar-refractivity contribution in [2.75, 3.05) is 27.1 Å². The molecule has 1 aromatic rings. The topological polar surface area (TPSA) is 78.1 Å². The molecule has 0 fully saturated rings. The summed E-state index contributed by atoms with van der Waals surface area (Å²) in [5.41, 5.74) is 6.68. The fraction of sp³-hybridized carbons (Fsp3) is 0.417. The van der Waals surface area contributed by atoms with E-state index in [-0.39, 0.29) is 6.79 Å². The minimum Gasteiger partial charge on any atom is -0.454 e. The lowest BCUT2D eigenvalue weighted by Crippen LogP contribution is -2.34. The maximum atomic E-state index is 5.72. The number of ether oxygens (including phenoxy) is 3. The van der Waals surface area contributed by atoms with Gasteiger partial charge in [0.05, 0.1) is 13.2 Å². The van der Waals surface area contributed by atoms with Gasteiger partial charge in [-0.1, -0.05) is 12.1 Å². The molecule has 98 valence electrons. The number of hydrogen-bond acceptors (Lipinski definition) is 4. The van der Waals surface area contributed by atoms with E-state index in [0.29, 0.717) is 25.7 Å². The van der Waals surface area contributed by atoms with Gasteiger partial charge in [0.25, 0.3) is 0 Å². The van der Waals surface area contributed by atoms with Crippen LogP contribution in [-0.2, 0) is 11.3 Å². The molecule has 1 aromatic carbocycles. The van der Waals surface area contributed by atoms with Crippen molar-refractivity contribution in [1.82, 2.24) is 5.32 Å². The van der Waals surface area contributed by atoms with Gasteiger partial charge in [0.2, 0.25) is 6.79 Å². The number of nitrogens with zero attached hydrogens (tertiary/aromatic N) is 1. The number of nitrogens with two attached hydrogens (primary N) is 1. The van der Waals surface area contributed by atoms with Crippen LogP contribution in [0.2, 0.25) is 0 Å². The Balaban J connectivity index is 1.94. The summed E-state index contributed by atoms with van der Waals surface area (Å²) in [4.78, 5) is 4.24. The van der Waals surface area contributed by atoms with Crippen LogP contribution < -0.4 is 20.5 Å². The Morgan fingerprint density at radius 2 is 2.39 bits per heavy atom. The minimum atomic E-state index is 0.262. The number of guanidine groups is 1. The van der Waals surface area contributed by atoms with Gasteiger partial charge in [0.15, 0.2) is 17.5 Å². The summed E-state index contributed by atoms with van der Waals surface area (Å²) in [6.07, 6.45) is 0. The van der Waals surface area contributed by atoms with Crippen molar-refractivity contribution in [3.05, 3.63) is 23.8 Å². The van der Waals surface area contributed by atoms with Crippen LogP contribution in [0.15, 0.2) is 23.2 Å². The molecule has 18 heavy (non-hydrogen) atoms. The zero-order valence-corrected chi connectivity index (χ0v) is 10.3. The molecule has 0 spiro atoms. The van der Waals surface area contributed by atoms with Gasteiger partial charge in [-0.15, -0.1) is 0 Å². The van der Waals surface area contributed by atoms with Gasteiger partial charge in [0, 0.05) is 19.2 Å². The first kappa shape index (κ1) is 12.5. The smallest absolute Gasteiger partial charge is 0.231 e. The van der Waals surface area contributed by atoms with Crippen LogP contribution in [0.1, 0.15) is 5.56 Å². The number of methoxy groups -OCH3 is 1. The Morgan fingerprint density at radius 3 is 3.22 bits per heavy atom. The fourth-order valence-corrected chi connectivity index (χ4v) is 1.62. The van der Waals surface area contributed by atoms with Gasteiger partial charge in [-0.05, 0) is 6.07 Å². The van der Waals surface area contributed by atoms with Gasteiger partial charge in [-0.3, -0.25) is 0 Å². The van der Waals surface area contributed by atoms with E-state index in [9.17, 15) is 0 Å². The Kier molecular flexibility index (Phi) is 4.25. The van der Waals surface area contributed by atoms with E-state index in [2.05, 4.69) is 10.3 Å². The highest BCUT2D eigenvalue weighted by Crippen LogP contribution is 2.35. The highest BCUT2D eigenvalue weighted by Gasteiger charge is 2.16. The van der Waals surface area contributed by atoms with E-state index >= 15 is 0 Å². The number of para-hydroxylation sites is 1. The Morgan fingerprint density at radius 1 is 1.50 bits per heavy atom. The summed E-state index contributed by atoms with van der Waals surface area (Å²) in [7, 11) is 1.64. The molecule has 0 amide bonds. The molecule has 1 aliphatic heterocycles. The molecule has 6 heteroatoms. The molecule has 0 aromatic heterocycles. The van der Waals surface area contributed by atoms with Crippen molar-refractivity contribution in [3.63, 3.8) is 0 Å². The van der Waals surface area contributed by atoms with Crippen molar-refractivity contribution in [3.8, 4) is 11.5 Å². The third-order valence-corrected chi connectivity index (χ3v) is 2.51. The molecule has 6 nitrogen and oxygen atoms in total. The summed E-state index contributed by atoms with van der Waals surface area (Å²) >= 11 is 0. The molecule has 0 unspecified atom stereocenters. The summed E-state index contributed by atoms with van der Waals surface area (Å²) < 4.78 is 15.6. The first-order chi connectivity index (χ1) is 8.81. The molecule has 2 rings (SSSR count). The monoisotopic (exact) mass is 251 g/mol. The van der Waals surface area contributed by atoms with E-state index in [1.54, 1.807) is 7.11 Å². The number of aliphatic imine (C=N–C) groups is 1. The average molecular weight is 251 g/mol. The molecule has 0 saturated heterocycles. The molecular formula is C12H17N3O3. The fourth-order valence-electron chi connectivity index (χ4n) is 1.62. The van der Waals surface area contributed by atoms with Crippen molar-refractivity contribution < 1.29 is 14.2 Å². The van der Waals surface area contributed by atoms with Gasteiger partial charge in [-0.2, -0.15) is 0 Å². The van der Waals surface area contributed by atoms with Crippen molar-refractivity contribution in [2.45, 2.75) is 6.54 Å². The molecular weight excluding hydrogens is 234 g/mol. The molecule has 0 atom stereocenters. The van der Waals surface area contributed by atoms with Crippen LogP contribution in [0, 0.1) is 0 Å². The minimum absolute atomic E-state index is 0.262. The predicted octanol–water partition coefficient (Wildman–Crippen LogP) is 0.466. The zero-order valence-electron chi connectivity index (χ0n) is 10.3. The average Bonchev–Trinajstić information content (AvgIpc) is 2.85. The van der Waals surface area contributed by atoms with Gasteiger partial charge in [0.1, 0.15) is 0 Å². The lowest BCUT2D eigenvalue weighted by atomic mass is 10.2. The van der Waals surface area contributed by atoms with Crippen LogP contribution in [0.5, 0.6) is 11.5 Å². The van der Waals surface area contributed by atoms with Crippen LogP contribution in [0.25, 0.3) is 0 Å². The van der Waals surface area contributed by atoms with E-state index in [1.807, 2.05) is 18.2 Å². The molecule has 1 heterocycles. The van der Waals surface area contributed by atoms with Gasteiger partial charge < -0.3 is 25.3 Å². The Bertz CT molecular complexity index is 435. The Labute approximate surface area is 106 Å². The standard InChI is InChI=1S/C12H17N3O3/c1-16-6-5-14-12(13)15-7-9-3-2-4-10-11(9)18-8-17-10/h2-4H,5-8H2,1H3,(H3,13,14,15). The second-order valence-corrected chi connectivity index (χ2v) is 3.77. The van der Waals surface area contributed by atoms with Crippen molar-refractivity contribution in [1.29, 1.82) is 0 Å². The quantitative estimate of drug-likeness (QED) is 0.452. The van der Waals surface area contributed by atoms with E-state index < -0.39 is 0 Å². The lowest BCUT2D eigenvalue weighted by molar-refractivity contribution is 0.173. The first-order valence-electron chi connectivity index (χ1n) is 5.71. The third kappa shape index (κ3) is 3.04. The highest BCUT2D eigenvalue weighted by atomic mass is 16.7. The van der Waals surface area contributed by atoms with Gasteiger partial charge in [-0.25, -0.2) is 4.99 Å². The number of fused-ring (bicyclic) bond motifs is 1. The van der Waals surface area contributed by atoms with Crippen LogP contribution in [0.4, 0.5) is 0 Å². The van der Waals surface area contributed by atoms with Crippen molar-refractivity contribution >= 4 is 5.96 Å². The summed E-state index contributed by atoms with van der Waals surface area (Å²) in [6.45, 7) is 1.95. The van der Waals surface area contributed by atoms with Crippen LogP contribution >= 0.6 is 0 Å². The maximum Gasteiger partial charge on any atom is 0.231 e. The van der Waals surface area contributed by atoms with Gasteiger partial charge >= 0.3 is 0 Å². The Hall–Kier alpha value is -1.95. The molecule has 0 aliphatic carbocycles. The second kappa shape index (κ2) is 6.11. The van der Waals surface area contributed by atoms with E-state index in [0.717, 1.165) is 17.1 Å². The molecule has 0 radical (unpaired) electrons. The summed E-state index contributed by atoms with van der Waals surface area (Å²) in [5.74, 6) is 1.91. The van der Waals surface area contributed by atoms with E-state index in [1.165, 1.54) is 0 Å². The molecule has 1 aliphatic rings. The summed E-state index contributed by atoms with van der Waals surface area (Å²) in [6, 6.07) is 5.72. The lowest BCUT2D eigenvalue weighted by Gasteiger charge is -2.06. The third-order valence-electron chi connectivity index (χ3n) is 2.51. The maximum absolute atomic E-state index is 5.72. The van der Waals surface area contributed by atoms with Crippen molar-refractivity contribution in [2.24, 2.45) is 10.7 Å². The number of rotatable bonds is 5. The highest BCUT2D eigenvalue weighted by molar-refractivity contribution is 5.77. The largest absolute Gasteiger partial charge is 0.454 e. The zero-order chi connectivity index (χ0) is 12.8. The molecule has 0 bridgehead atoms. The normalized spacial score (nSPS) is 13.7. The number of benzene rings is 1.